The minimum Gasteiger partial charge on any atom is -0.397 e. The molecule has 1 aliphatic heterocycles. The summed E-state index contributed by atoms with van der Waals surface area (Å²) < 4.78 is 13.2. The molecule has 0 saturated heterocycles. The highest BCUT2D eigenvalue weighted by Gasteiger charge is 2.26. The van der Waals surface area contributed by atoms with Gasteiger partial charge in [0.15, 0.2) is 0 Å². The Kier molecular flexibility index (Phi) is 4.19. The van der Waals surface area contributed by atoms with Crippen LogP contribution >= 0.6 is 0 Å². The zero-order valence-corrected chi connectivity index (χ0v) is 14.7. The fourth-order valence-corrected chi connectivity index (χ4v) is 3.25. The molecular weight excluding hydrogens is 345 g/mol. The van der Waals surface area contributed by atoms with E-state index in [0.717, 1.165) is 28.1 Å². The van der Waals surface area contributed by atoms with Gasteiger partial charge in [0, 0.05) is 12.4 Å². The number of carbonyl (C=O) groups is 1. The normalized spacial score (nSPS) is 12.7. The first-order chi connectivity index (χ1) is 13.0. The number of urea groups is 1. The van der Waals surface area contributed by atoms with Crippen LogP contribution in [-0.2, 0) is 13.1 Å². The third-order valence-electron chi connectivity index (χ3n) is 4.71. The SMILES string of the molecule is Cc1c(-c2ccc(F)cc2)ccc(N)c1NC(=O)N1Cc2nccnc2C1. The Labute approximate surface area is 155 Å². The molecule has 0 unspecified atom stereocenters. The van der Waals surface area contributed by atoms with Crippen molar-refractivity contribution in [2.24, 2.45) is 0 Å². The molecule has 4 rings (SSSR count). The number of nitrogen functional groups attached to an aromatic ring is 1. The lowest BCUT2D eigenvalue weighted by molar-refractivity contribution is 0.212. The fraction of sp³-hybridized carbons (Fsp3) is 0.150. The summed E-state index contributed by atoms with van der Waals surface area (Å²) in [6, 6.07) is 9.56. The summed E-state index contributed by atoms with van der Waals surface area (Å²) in [5.41, 5.74) is 11.3. The molecule has 3 N–H and O–H groups in total. The number of nitrogens with two attached hydrogens (primary N) is 1. The molecular formula is C20H18FN5O. The number of amides is 2. The second kappa shape index (κ2) is 6.68. The highest BCUT2D eigenvalue weighted by Crippen LogP contribution is 2.33. The lowest BCUT2D eigenvalue weighted by Gasteiger charge is -2.20. The van der Waals surface area contributed by atoms with Gasteiger partial charge in [0.1, 0.15) is 5.82 Å². The predicted molar refractivity (Wildman–Crippen MR) is 101 cm³/mol. The Morgan fingerprint density at radius 2 is 1.70 bits per heavy atom. The molecule has 3 aromatic rings. The topological polar surface area (TPSA) is 84.1 Å². The molecule has 0 fully saturated rings. The number of hydrogen-bond donors (Lipinski definition) is 2. The predicted octanol–water partition coefficient (Wildman–Crippen LogP) is 3.72. The fourth-order valence-electron chi connectivity index (χ4n) is 3.25. The van der Waals surface area contributed by atoms with E-state index in [1.54, 1.807) is 35.5 Å². The molecule has 136 valence electrons. The summed E-state index contributed by atoms with van der Waals surface area (Å²) in [5.74, 6) is -0.295. The Morgan fingerprint density at radius 1 is 1.07 bits per heavy atom. The van der Waals surface area contributed by atoms with E-state index in [2.05, 4.69) is 15.3 Å². The summed E-state index contributed by atoms with van der Waals surface area (Å²) >= 11 is 0. The van der Waals surface area contributed by atoms with Gasteiger partial charge in [-0.25, -0.2) is 9.18 Å². The molecule has 0 atom stereocenters. The van der Waals surface area contributed by atoms with Crippen LogP contribution in [0.25, 0.3) is 11.1 Å². The molecule has 7 heteroatoms. The van der Waals surface area contributed by atoms with Crippen LogP contribution in [0.3, 0.4) is 0 Å². The minimum absolute atomic E-state index is 0.263. The molecule has 2 heterocycles. The maximum Gasteiger partial charge on any atom is 0.322 e. The zero-order valence-electron chi connectivity index (χ0n) is 14.7. The quantitative estimate of drug-likeness (QED) is 0.680. The number of nitrogens with zero attached hydrogens (tertiary/aromatic N) is 3. The van der Waals surface area contributed by atoms with Crippen LogP contribution in [0.5, 0.6) is 0 Å². The average molecular weight is 363 g/mol. The van der Waals surface area contributed by atoms with Gasteiger partial charge in [0.2, 0.25) is 0 Å². The van der Waals surface area contributed by atoms with Crippen molar-refractivity contribution in [3.8, 4) is 11.1 Å². The standard InChI is InChI=1S/C20H18FN5O/c1-12-15(13-2-4-14(21)5-3-13)6-7-16(22)19(12)25-20(27)26-10-17-18(11-26)24-9-8-23-17/h2-9H,10-11,22H2,1H3,(H,25,27). The van der Waals surface area contributed by atoms with Crippen molar-refractivity contribution in [1.29, 1.82) is 0 Å². The number of aromatic nitrogens is 2. The lowest BCUT2D eigenvalue weighted by Crippen LogP contribution is -2.31. The van der Waals surface area contributed by atoms with Crippen molar-refractivity contribution in [1.82, 2.24) is 14.9 Å². The molecule has 0 saturated carbocycles. The number of hydrogen-bond acceptors (Lipinski definition) is 4. The lowest BCUT2D eigenvalue weighted by atomic mass is 9.98. The number of rotatable bonds is 2. The number of anilines is 2. The third kappa shape index (κ3) is 3.19. The van der Waals surface area contributed by atoms with E-state index in [0.29, 0.717) is 24.5 Å². The third-order valence-corrected chi connectivity index (χ3v) is 4.71. The van der Waals surface area contributed by atoms with Gasteiger partial charge in [-0.15, -0.1) is 0 Å². The number of carbonyl (C=O) groups excluding carboxylic acids is 1. The van der Waals surface area contributed by atoms with Gasteiger partial charge in [0.25, 0.3) is 0 Å². The monoisotopic (exact) mass is 363 g/mol. The first-order valence-electron chi connectivity index (χ1n) is 8.52. The number of nitrogens with one attached hydrogen (secondary N) is 1. The molecule has 1 aliphatic rings. The van der Waals surface area contributed by atoms with Crippen LogP contribution in [0.4, 0.5) is 20.6 Å². The van der Waals surface area contributed by atoms with Crippen LogP contribution in [0.2, 0.25) is 0 Å². The Bertz CT molecular complexity index is 994. The average Bonchev–Trinajstić information content (AvgIpc) is 3.10. The van der Waals surface area contributed by atoms with Gasteiger partial charge in [-0.3, -0.25) is 9.97 Å². The molecule has 2 amide bonds. The molecule has 0 aliphatic carbocycles. The molecule has 27 heavy (non-hydrogen) atoms. The van der Waals surface area contributed by atoms with Crippen molar-refractivity contribution < 1.29 is 9.18 Å². The number of fused-ring (bicyclic) bond motifs is 1. The molecule has 0 radical (unpaired) electrons. The molecule has 2 aromatic carbocycles. The molecule has 6 nitrogen and oxygen atoms in total. The summed E-state index contributed by atoms with van der Waals surface area (Å²) in [4.78, 5) is 22.9. The van der Waals surface area contributed by atoms with Crippen molar-refractivity contribution in [2.75, 3.05) is 11.1 Å². The minimum atomic E-state index is -0.295. The second-order valence-corrected chi connectivity index (χ2v) is 6.45. The number of benzene rings is 2. The van der Waals surface area contributed by atoms with Gasteiger partial charge in [-0.1, -0.05) is 18.2 Å². The summed E-state index contributed by atoms with van der Waals surface area (Å²) in [6.45, 7) is 2.70. The molecule has 1 aromatic heterocycles. The van der Waals surface area contributed by atoms with Crippen molar-refractivity contribution in [3.05, 3.63) is 71.6 Å². The number of halogens is 1. The molecule has 0 bridgehead atoms. The van der Waals surface area contributed by atoms with E-state index in [9.17, 15) is 9.18 Å². The van der Waals surface area contributed by atoms with Gasteiger partial charge >= 0.3 is 6.03 Å². The van der Waals surface area contributed by atoms with Crippen LogP contribution in [0.15, 0.2) is 48.8 Å². The Hall–Kier alpha value is -3.48. The van der Waals surface area contributed by atoms with Crippen LogP contribution in [0, 0.1) is 12.7 Å². The highest BCUT2D eigenvalue weighted by atomic mass is 19.1. The maximum atomic E-state index is 13.2. The van der Waals surface area contributed by atoms with E-state index in [4.69, 9.17) is 5.73 Å². The summed E-state index contributed by atoms with van der Waals surface area (Å²) in [7, 11) is 0. The van der Waals surface area contributed by atoms with Crippen LogP contribution in [-0.4, -0.2) is 20.9 Å². The van der Waals surface area contributed by atoms with Crippen molar-refractivity contribution >= 4 is 17.4 Å². The first kappa shape index (κ1) is 17.0. The van der Waals surface area contributed by atoms with E-state index in [-0.39, 0.29) is 11.8 Å². The van der Waals surface area contributed by atoms with Gasteiger partial charge in [0.05, 0.1) is 35.9 Å². The van der Waals surface area contributed by atoms with Crippen molar-refractivity contribution in [3.63, 3.8) is 0 Å². The largest absolute Gasteiger partial charge is 0.397 e. The van der Waals surface area contributed by atoms with Gasteiger partial charge in [-0.2, -0.15) is 0 Å². The zero-order chi connectivity index (χ0) is 19.0. The summed E-state index contributed by atoms with van der Waals surface area (Å²) in [5, 5.41) is 2.91. The van der Waals surface area contributed by atoms with Crippen LogP contribution in [0.1, 0.15) is 17.0 Å². The van der Waals surface area contributed by atoms with Gasteiger partial charge < -0.3 is 16.0 Å². The Morgan fingerprint density at radius 3 is 2.33 bits per heavy atom. The smallest absolute Gasteiger partial charge is 0.322 e. The van der Waals surface area contributed by atoms with E-state index in [1.807, 2.05) is 13.0 Å². The first-order valence-corrected chi connectivity index (χ1v) is 8.52. The second-order valence-electron chi connectivity index (χ2n) is 6.45. The highest BCUT2D eigenvalue weighted by molar-refractivity contribution is 5.96. The summed E-state index contributed by atoms with van der Waals surface area (Å²) in [6.07, 6.45) is 3.24. The van der Waals surface area contributed by atoms with E-state index in [1.165, 1.54) is 12.1 Å². The molecule has 0 spiro atoms. The van der Waals surface area contributed by atoms with E-state index >= 15 is 0 Å². The van der Waals surface area contributed by atoms with Gasteiger partial charge in [-0.05, 0) is 41.8 Å². The Balaban J connectivity index is 1.60. The van der Waals surface area contributed by atoms with Crippen molar-refractivity contribution in [2.45, 2.75) is 20.0 Å². The maximum absolute atomic E-state index is 13.2. The van der Waals surface area contributed by atoms with E-state index < -0.39 is 0 Å². The van der Waals surface area contributed by atoms with Crippen LogP contribution < -0.4 is 11.1 Å².